The number of aliphatic hydroxyl groups excluding tert-OH is 2. The summed E-state index contributed by atoms with van der Waals surface area (Å²) in [5.74, 6) is 6.28. The van der Waals surface area contributed by atoms with Crippen molar-refractivity contribution in [1.29, 1.82) is 0 Å². The van der Waals surface area contributed by atoms with Crippen molar-refractivity contribution in [1.82, 2.24) is 14.9 Å². The van der Waals surface area contributed by atoms with E-state index < -0.39 is 18.4 Å². The van der Waals surface area contributed by atoms with Crippen molar-refractivity contribution in [2.45, 2.75) is 122 Å². The lowest BCUT2D eigenvalue weighted by atomic mass is 9.85. The van der Waals surface area contributed by atoms with Crippen LogP contribution in [-0.2, 0) is 24.1 Å². The molecule has 4 heterocycles. The number of unbranched alkanes of at least 4 members (excludes halogenated alkanes) is 4. The minimum Gasteiger partial charge on any atom is -0.504 e. The van der Waals surface area contributed by atoms with Gasteiger partial charge in [0.1, 0.15) is 11.9 Å². The van der Waals surface area contributed by atoms with E-state index in [9.17, 15) is 20.1 Å². The molecule has 2 aliphatic heterocycles. The fourth-order valence-electron chi connectivity index (χ4n) is 7.76. The Morgan fingerprint density at radius 1 is 1.06 bits per heavy atom. The number of nitrogens with two attached hydrogens (primary N) is 1. The lowest BCUT2D eigenvalue weighted by Gasteiger charge is -2.28. The SMILES string of the molecule is CCCCCC(O)C(CCCCC)C(=O)CCc1ccc(O)c(OC2CC#CC(O)c3ccc4c(c3Cc3c[nH]c5cn2cc35)CCNC4N)c1. The summed E-state index contributed by atoms with van der Waals surface area (Å²) in [6.07, 6.45) is 13.6. The number of H-pyrrole nitrogens is 1. The van der Waals surface area contributed by atoms with Gasteiger partial charge < -0.3 is 35.3 Å². The van der Waals surface area contributed by atoms with Crippen LogP contribution >= 0.6 is 0 Å². The number of benzene rings is 2. The van der Waals surface area contributed by atoms with Gasteiger partial charge in [-0.25, -0.2) is 0 Å². The van der Waals surface area contributed by atoms with Gasteiger partial charge in [0, 0.05) is 49.3 Å². The van der Waals surface area contributed by atoms with E-state index in [4.69, 9.17) is 10.5 Å². The second kappa shape index (κ2) is 17.0. The first-order valence-corrected chi connectivity index (χ1v) is 18.9. The van der Waals surface area contributed by atoms with E-state index in [1.54, 1.807) is 12.1 Å². The Kier molecular flexibility index (Phi) is 12.2. The molecule has 9 heteroatoms. The molecule has 4 aromatic rings. The monoisotopic (exact) mass is 694 g/mol. The van der Waals surface area contributed by atoms with E-state index in [0.717, 1.165) is 90.2 Å². The molecular formula is C42H54N4O5. The van der Waals surface area contributed by atoms with Gasteiger partial charge in [0.25, 0.3) is 0 Å². The predicted molar refractivity (Wildman–Crippen MR) is 200 cm³/mol. The van der Waals surface area contributed by atoms with Crippen molar-refractivity contribution < 1.29 is 24.9 Å². The standard InChI is InChI=1S/C42H54N4O5/c1-3-5-7-10-32(37(48)11-8-6-4-2)38(49)18-14-27-15-19-39(50)40(22-27)51-41-13-9-12-36(47)30-16-17-31-29(20-21-44-42(31)43)33(30)23-28-24-45-35-26-46(41)25-34(28)35/h15-17,19,22,24-26,32,36-37,41-42,44-45,47-48,50H,3-8,10-11,13-14,18,20-21,23,43H2,1-2H3. The molecule has 2 bridgehead atoms. The Balaban J connectivity index is 1.21. The maximum absolute atomic E-state index is 13.5. The fourth-order valence-corrected chi connectivity index (χ4v) is 7.76. The number of aliphatic hydroxyl groups is 2. The number of phenols is 1. The molecule has 2 aliphatic rings. The summed E-state index contributed by atoms with van der Waals surface area (Å²) in [4.78, 5) is 16.9. The molecule has 6 rings (SSSR count). The molecule has 0 saturated carbocycles. The molecule has 51 heavy (non-hydrogen) atoms. The normalized spacial score (nSPS) is 19.7. The number of aryl methyl sites for hydroxylation is 1. The Morgan fingerprint density at radius 3 is 2.65 bits per heavy atom. The number of ketones is 1. The van der Waals surface area contributed by atoms with Crippen LogP contribution in [-0.4, -0.2) is 43.3 Å². The van der Waals surface area contributed by atoms with Crippen LogP contribution in [0.2, 0.25) is 0 Å². The number of nitrogens with zero attached hydrogens (tertiary/aromatic N) is 1. The van der Waals surface area contributed by atoms with E-state index in [1.807, 2.05) is 35.2 Å². The van der Waals surface area contributed by atoms with Gasteiger partial charge in [0.05, 0.1) is 24.2 Å². The number of carbonyl (C=O) groups excluding carboxylic acids is 1. The van der Waals surface area contributed by atoms with Crippen LogP contribution in [0, 0.1) is 17.8 Å². The van der Waals surface area contributed by atoms with Crippen LogP contribution in [0.15, 0.2) is 48.9 Å². The van der Waals surface area contributed by atoms with Gasteiger partial charge in [-0.1, -0.05) is 82.4 Å². The highest BCUT2D eigenvalue weighted by Gasteiger charge is 2.27. The van der Waals surface area contributed by atoms with Crippen LogP contribution in [0.1, 0.15) is 130 Å². The summed E-state index contributed by atoms with van der Waals surface area (Å²) in [5, 5.41) is 37.6. The second-order valence-electron chi connectivity index (χ2n) is 14.3. The highest BCUT2D eigenvalue weighted by atomic mass is 16.5. The molecule has 0 spiro atoms. The third-order valence-electron chi connectivity index (χ3n) is 10.7. The van der Waals surface area contributed by atoms with Crippen LogP contribution in [0.25, 0.3) is 10.9 Å². The van der Waals surface area contributed by atoms with Gasteiger partial charge in [-0.2, -0.15) is 0 Å². The van der Waals surface area contributed by atoms with Crippen LogP contribution in [0.5, 0.6) is 11.5 Å². The molecular weight excluding hydrogens is 640 g/mol. The number of aromatic nitrogens is 2. The summed E-state index contributed by atoms with van der Waals surface area (Å²) in [5.41, 5.74) is 13.4. The number of ether oxygens (including phenoxy) is 1. The molecule has 0 radical (unpaired) electrons. The van der Waals surface area contributed by atoms with Crippen molar-refractivity contribution in [3.63, 3.8) is 0 Å². The highest BCUT2D eigenvalue weighted by molar-refractivity contribution is 5.84. The molecule has 2 aromatic heterocycles. The zero-order chi connectivity index (χ0) is 35.9. The van der Waals surface area contributed by atoms with E-state index in [1.165, 1.54) is 5.56 Å². The van der Waals surface area contributed by atoms with Crippen molar-refractivity contribution in [2.24, 2.45) is 11.7 Å². The molecule has 0 fully saturated rings. The molecule has 0 saturated heterocycles. The van der Waals surface area contributed by atoms with Gasteiger partial charge in [-0.15, -0.1) is 0 Å². The van der Waals surface area contributed by atoms with Crippen LogP contribution in [0.4, 0.5) is 0 Å². The third-order valence-corrected chi connectivity index (χ3v) is 10.7. The number of aromatic amines is 1. The number of nitrogens with one attached hydrogen (secondary N) is 2. The lowest BCUT2D eigenvalue weighted by Crippen LogP contribution is -2.36. The first-order chi connectivity index (χ1) is 24.8. The number of hydrogen-bond acceptors (Lipinski definition) is 7. The first-order valence-electron chi connectivity index (χ1n) is 18.9. The smallest absolute Gasteiger partial charge is 0.186 e. The molecule has 2 aromatic carbocycles. The van der Waals surface area contributed by atoms with Gasteiger partial charge in [0.15, 0.2) is 17.7 Å². The molecule has 272 valence electrons. The highest BCUT2D eigenvalue weighted by Crippen LogP contribution is 2.36. The average Bonchev–Trinajstić information content (AvgIpc) is 3.71. The minimum atomic E-state index is -0.981. The lowest BCUT2D eigenvalue weighted by molar-refractivity contribution is -0.126. The molecule has 0 amide bonds. The van der Waals surface area contributed by atoms with Crippen molar-refractivity contribution in [3.8, 4) is 23.3 Å². The number of fused-ring (bicyclic) bond motifs is 4. The number of Topliss-reactive ketones (excluding diaryl/α,β-unsaturated/α-hetero) is 1. The van der Waals surface area contributed by atoms with E-state index in [0.29, 0.717) is 37.9 Å². The largest absolute Gasteiger partial charge is 0.504 e. The van der Waals surface area contributed by atoms with E-state index in [2.05, 4.69) is 42.2 Å². The Labute approximate surface area is 301 Å². The number of carbonyl (C=O) groups is 1. The van der Waals surface area contributed by atoms with Crippen LogP contribution in [0.3, 0.4) is 0 Å². The fraction of sp³-hybridized carbons (Fsp3) is 0.500. The number of hydrogen-bond donors (Lipinski definition) is 6. The van der Waals surface area contributed by atoms with Crippen molar-refractivity contribution >= 4 is 16.7 Å². The van der Waals surface area contributed by atoms with Gasteiger partial charge >= 0.3 is 0 Å². The van der Waals surface area contributed by atoms with Crippen molar-refractivity contribution in [3.05, 3.63) is 82.3 Å². The first kappa shape index (κ1) is 36.7. The van der Waals surface area contributed by atoms with E-state index in [-0.39, 0.29) is 30.0 Å². The summed E-state index contributed by atoms with van der Waals surface area (Å²) in [6.45, 7) is 5.06. The number of rotatable bonds is 15. The summed E-state index contributed by atoms with van der Waals surface area (Å²) < 4.78 is 8.45. The molecule has 5 unspecified atom stereocenters. The van der Waals surface area contributed by atoms with Gasteiger partial charge in [-0.3, -0.25) is 10.1 Å². The van der Waals surface area contributed by atoms with Gasteiger partial charge in [0.2, 0.25) is 0 Å². The molecule has 7 N–H and O–H groups in total. The summed E-state index contributed by atoms with van der Waals surface area (Å²) >= 11 is 0. The Hall–Kier alpha value is -4.07. The average molecular weight is 695 g/mol. The maximum Gasteiger partial charge on any atom is 0.186 e. The molecule has 0 aliphatic carbocycles. The maximum atomic E-state index is 13.5. The third kappa shape index (κ3) is 8.53. The zero-order valence-corrected chi connectivity index (χ0v) is 30.1. The van der Waals surface area contributed by atoms with E-state index >= 15 is 0 Å². The summed E-state index contributed by atoms with van der Waals surface area (Å²) in [6, 6.07) is 9.17. The molecule has 9 nitrogen and oxygen atoms in total. The second-order valence-corrected chi connectivity index (χ2v) is 14.3. The van der Waals surface area contributed by atoms with Gasteiger partial charge in [-0.05, 0) is 71.2 Å². The Morgan fingerprint density at radius 2 is 1.84 bits per heavy atom. The molecule has 5 atom stereocenters. The minimum absolute atomic E-state index is 0.00205. The quantitative estimate of drug-likeness (QED) is 0.0579. The Bertz CT molecular complexity index is 1870. The number of aromatic hydroxyl groups is 1. The number of phenolic OH excluding ortho intramolecular Hbond substituents is 1. The van der Waals surface area contributed by atoms with Crippen LogP contribution < -0.4 is 15.8 Å². The predicted octanol–water partition coefficient (Wildman–Crippen LogP) is 7.03. The summed E-state index contributed by atoms with van der Waals surface area (Å²) in [7, 11) is 0. The van der Waals surface area contributed by atoms with Crippen molar-refractivity contribution in [2.75, 3.05) is 6.54 Å². The topological polar surface area (TPSA) is 146 Å². The zero-order valence-electron chi connectivity index (χ0n) is 30.1.